The van der Waals surface area contributed by atoms with Gasteiger partial charge >= 0.3 is 0 Å². The van der Waals surface area contributed by atoms with E-state index in [0.29, 0.717) is 11.5 Å². The maximum absolute atomic E-state index is 13.0. The SMILES string of the molecule is CC(C)C1OC(c2ccc(F)c(F)c2)C1Br. The lowest BCUT2D eigenvalue weighted by Gasteiger charge is -2.44. The predicted octanol–water partition coefficient (Wildman–Crippen LogP) is 3.82. The van der Waals surface area contributed by atoms with E-state index < -0.39 is 11.6 Å². The second-order valence-corrected chi connectivity index (χ2v) is 5.44. The Kier molecular flexibility index (Phi) is 3.31. The third-order valence-corrected chi connectivity index (χ3v) is 3.84. The second-order valence-electron chi connectivity index (χ2n) is 4.38. The average molecular weight is 291 g/mol. The van der Waals surface area contributed by atoms with Crippen LogP contribution in [0.25, 0.3) is 0 Å². The van der Waals surface area contributed by atoms with Gasteiger partial charge < -0.3 is 4.74 Å². The van der Waals surface area contributed by atoms with Gasteiger partial charge in [-0.25, -0.2) is 8.78 Å². The second kappa shape index (κ2) is 4.41. The zero-order chi connectivity index (χ0) is 11.9. The van der Waals surface area contributed by atoms with E-state index in [-0.39, 0.29) is 17.0 Å². The summed E-state index contributed by atoms with van der Waals surface area (Å²) in [5, 5.41) is 0. The molecule has 1 aliphatic rings. The Morgan fingerprint density at radius 1 is 1.25 bits per heavy atom. The minimum Gasteiger partial charge on any atom is -0.367 e. The molecule has 16 heavy (non-hydrogen) atoms. The molecule has 0 radical (unpaired) electrons. The van der Waals surface area contributed by atoms with Crippen LogP contribution in [0.5, 0.6) is 0 Å². The molecule has 0 amide bonds. The van der Waals surface area contributed by atoms with Crippen LogP contribution in [0.1, 0.15) is 25.5 Å². The van der Waals surface area contributed by atoms with Gasteiger partial charge in [0.2, 0.25) is 0 Å². The summed E-state index contributed by atoms with van der Waals surface area (Å²) < 4.78 is 31.5. The van der Waals surface area contributed by atoms with Crippen molar-refractivity contribution in [3.05, 3.63) is 35.4 Å². The van der Waals surface area contributed by atoms with Crippen molar-refractivity contribution in [1.82, 2.24) is 0 Å². The van der Waals surface area contributed by atoms with Gasteiger partial charge in [-0.1, -0.05) is 35.8 Å². The number of ether oxygens (including phenoxy) is 1. The molecule has 4 heteroatoms. The number of rotatable bonds is 2. The average Bonchev–Trinajstić information content (AvgIpc) is 2.20. The molecule has 1 nitrogen and oxygen atoms in total. The lowest BCUT2D eigenvalue weighted by atomic mass is 9.91. The molecule has 0 aromatic heterocycles. The summed E-state index contributed by atoms with van der Waals surface area (Å²) >= 11 is 3.53. The van der Waals surface area contributed by atoms with Gasteiger partial charge in [0.1, 0.15) is 0 Å². The molecule has 3 atom stereocenters. The van der Waals surface area contributed by atoms with Gasteiger partial charge in [-0.2, -0.15) is 0 Å². The van der Waals surface area contributed by atoms with E-state index in [1.807, 2.05) is 0 Å². The molecule has 0 bridgehead atoms. The molecule has 0 aliphatic carbocycles. The first-order valence-corrected chi connectivity index (χ1v) is 6.16. The number of alkyl halides is 1. The van der Waals surface area contributed by atoms with Crippen LogP contribution in [0.4, 0.5) is 8.78 Å². The summed E-state index contributed by atoms with van der Waals surface area (Å²) in [4.78, 5) is 0.164. The van der Waals surface area contributed by atoms with Crippen molar-refractivity contribution in [1.29, 1.82) is 0 Å². The zero-order valence-corrected chi connectivity index (χ0v) is 10.7. The summed E-state index contributed by atoms with van der Waals surface area (Å²) in [6.07, 6.45) is -0.0411. The van der Waals surface area contributed by atoms with E-state index in [1.54, 1.807) is 6.07 Å². The molecule has 0 spiro atoms. The van der Waals surface area contributed by atoms with Gasteiger partial charge in [0.25, 0.3) is 0 Å². The maximum atomic E-state index is 13.0. The minimum atomic E-state index is -0.825. The third-order valence-electron chi connectivity index (χ3n) is 2.84. The van der Waals surface area contributed by atoms with E-state index in [4.69, 9.17) is 4.74 Å². The van der Waals surface area contributed by atoms with Gasteiger partial charge in [-0.3, -0.25) is 0 Å². The highest BCUT2D eigenvalue weighted by molar-refractivity contribution is 9.09. The molecule has 1 heterocycles. The molecular formula is C12H13BrF2O. The van der Waals surface area contributed by atoms with E-state index in [9.17, 15) is 8.78 Å². The summed E-state index contributed by atoms with van der Waals surface area (Å²) in [6.45, 7) is 4.14. The van der Waals surface area contributed by atoms with Crippen LogP contribution in [0, 0.1) is 17.6 Å². The van der Waals surface area contributed by atoms with Crippen LogP contribution in [-0.2, 0) is 4.74 Å². The highest BCUT2D eigenvalue weighted by Crippen LogP contribution is 2.43. The molecule has 0 saturated carbocycles. The summed E-state index contributed by atoms with van der Waals surface area (Å²) in [5.74, 6) is -1.24. The predicted molar refractivity (Wildman–Crippen MR) is 61.5 cm³/mol. The summed E-state index contributed by atoms with van der Waals surface area (Å²) in [6, 6.07) is 3.90. The lowest BCUT2D eigenvalue weighted by Crippen LogP contribution is -2.46. The third kappa shape index (κ3) is 2.00. The number of halogens is 3. The van der Waals surface area contributed by atoms with Crippen LogP contribution in [0.15, 0.2) is 18.2 Å². The molecule has 1 aromatic carbocycles. The van der Waals surface area contributed by atoms with Gasteiger partial charge in [-0.05, 0) is 23.6 Å². The summed E-state index contributed by atoms with van der Waals surface area (Å²) in [7, 11) is 0. The summed E-state index contributed by atoms with van der Waals surface area (Å²) in [5.41, 5.74) is 0.678. The van der Waals surface area contributed by atoms with Crippen LogP contribution < -0.4 is 0 Å². The molecule has 0 N–H and O–H groups in total. The van der Waals surface area contributed by atoms with Crippen molar-refractivity contribution in [3.63, 3.8) is 0 Å². The highest BCUT2D eigenvalue weighted by Gasteiger charge is 2.43. The molecule has 1 fully saturated rings. The monoisotopic (exact) mass is 290 g/mol. The zero-order valence-electron chi connectivity index (χ0n) is 9.08. The minimum absolute atomic E-state index is 0.137. The fourth-order valence-electron chi connectivity index (χ4n) is 1.88. The van der Waals surface area contributed by atoms with Crippen molar-refractivity contribution in [2.45, 2.75) is 30.9 Å². The van der Waals surface area contributed by atoms with Gasteiger partial charge in [-0.15, -0.1) is 0 Å². The maximum Gasteiger partial charge on any atom is 0.159 e. The normalized spacial score (nSPS) is 29.2. The lowest BCUT2D eigenvalue weighted by molar-refractivity contribution is -0.136. The Balaban J connectivity index is 2.13. The Morgan fingerprint density at radius 2 is 1.94 bits per heavy atom. The number of hydrogen-bond donors (Lipinski definition) is 0. The van der Waals surface area contributed by atoms with Crippen LogP contribution in [0.2, 0.25) is 0 Å². The topological polar surface area (TPSA) is 9.23 Å². The highest BCUT2D eigenvalue weighted by atomic mass is 79.9. The van der Waals surface area contributed by atoms with Crippen molar-refractivity contribution in [2.75, 3.05) is 0 Å². The molecule has 1 aliphatic heterocycles. The van der Waals surface area contributed by atoms with Gasteiger partial charge in [0.15, 0.2) is 11.6 Å². The molecule has 3 unspecified atom stereocenters. The van der Waals surface area contributed by atoms with E-state index in [2.05, 4.69) is 29.8 Å². The quantitative estimate of drug-likeness (QED) is 0.753. The first kappa shape index (κ1) is 12.0. The number of benzene rings is 1. The van der Waals surface area contributed by atoms with Crippen LogP contribution in [0.3, 0.4) is 0 Å². The molecule has 2 rings (SSSR count). The largest absolute Gasteiger partial charge is 0.367 e. The molecule has 1 aromatic rings. The Bertz CT molecular complexity index is 395. The Labute approximate surface area is 102 Å². The first-order valence-electron chi connectivity index (χ1n) is 5.25. The van der Waals surface area contributed by atoms with Crippen molar-refractivity contribution in [3.8, 4) is 0 Å². The fourth-order valence-corrected chi connectivity index (χ4v) is 3.04. The molecule has 1 saturated heterocycles. The first-order chi connectivity index (χ1) is 7.50. The van der Waals surface area contributed by atoms with Crippen molar-refractivity contribution in [2.24, 2.45) is 5.92 Å². The standard InChI is InChI=1S/C12H13BrF2O/c1-6(2)11-10(13)12(16-11)7-3-4-8(14)9(15)5-7/h3-6,10-12H,1-2H3. The number of hydrogen-bond acceptors (Lipinski definition) is 1. The molecular weight excluding hydrogens is 278 g/mol. The van der Waals surface area contributed by atoms with Crippen molar-refractivity contribution < 1.29 is 13.5 Å². The smallest absolute Gasteiger partial charge is 0.159 e. The van der Waals surface area contributed by atoms with Crippen molar-refractivity contribution >= 4 is 15.9 Å². The Hall–Kier alpha value is -0.480. The van der Waals surface area contributed by atoms with Crippen LogP contribution in [-0.4, -0.2) is 10.9 Å². The fraction of sp³-hybridized carbons (Fsp3) is 0.500. The van der Waals surface area contributed by atoms with E-state index in [1.165, 1.54) is 6.07 Å². The van der Waals surface area contributed by atoms with Gasteiger partial charge in [0.05, 0.1) is 17.0 Å². The van der Waals surface area contributed by atoms with Gasteiger partial charge in [0, 0.05) is 0 Å². The Morgan fingerprint density at radius 3 is 2.44 bits per heavy atom. The van der Waals surface area contributed by atoms with E-state index >= 15 is 0 Å². The van der Waals surface area contributed by atoms with Crippen LogP contribution >= 0.6 is 15.9 Å². The molecule has 88 valence electrons. The van der Waals surface area contributed by atoms with E-state index in [0.717, 1.165) is 6.07 Å².